The summed E-state index contributed by atoms with van der Waals surface area (Å²) < 4.78 is 17.8. The van der Waals surface area contributed by atoms with Crippen LogP contribution in [0.5, 0.6) is 0 Å². The van der Waals surface area contributed by atoms with Crippen LogP contribution in [-0.4, -0.2) is 62.0 Å². The molecule has 2 fully saturated rings. The molecule has 7 nitrogen and oxygen atoms in total. The van der Waals surface area contributed by atoms with Crippen LogP contribution < -0.4 is 9.80 Å². The highest BCUT2D eigenvalue weighted by Crippen LogP contribution is 2.27. The number of amides is 2. The van der Waals surface area contributed by atoms with E-state index in [9.17, 15) is 18.8 Å². The van der Waals surface area contributed by atoms with Gasteiger partial charge in [-0.1, -0.05) is 0 Å². The Morgan fingerprint density at radius 1 is 0.933 bits per heavy atom. The van der Waals surface area contributed by atoms with Crippen LogP contribution in [0.4, 0.5) is 15.8 Å². The van der Waals surface area contributed by atoms with Crippen molar-refractivity contribution in [3.8, 4) is 0 Å². The summed E-state index contributed by atoms with van der Waals surface area (Å²) >= 11 is 0. The molecule has 4 rings (SSSR count). The van der Waals surface area contributed by atoms with Gasteiger partial charge >= 0.3 is 5.97 Å². The van der Waals surface area contributed by atoms with Crippen LogP contribution in [0, 0.1) is 5.82 Å². The third-order valence-corrected chi connectivity index (χ3v) is 5.62. The highest BCUT2D eigenvalue weighted by Gasteiger charge is 2.43. The van der Waals surface area contributed by atoms with Crippen LogP contribution in [0.1, 0.15) is 16.8 Å². The van der Waals surface area contributed by atoms with Crippen LogP contribution in [0.3, 0.4) is 0 Å². The average Bonchev–Trinajstić information content (AvgIpc) is 3.08. The topological polar surface area (TPSA) is 70.2 Å². The molecule has 2 heterocycles. The van der Waals surface area contributed by atoms with Gasteiger partial charge in [-0.15, -0.1) is 0 Å². The monoisotopic (exact) mass is 411 g/mol. The van der Waals surface area contributed by atoms with E-state index in [1.807, 2.05) is 4.90 Å². The van der Waals surface area contributed by atoms with E-state index in [1.54, 1.807) is 24.3 Å². The largest absolute Gasteiger partial charge is 0.465 e. The van der Waals surface area contributed by atoms with E-state index in [-0.39, 0.29) is 24.1 Å². The third-order valence-electron chi connectivity index (χ3n) is 5.62. The number of methoxy groups -OCH3 is 1. The van der Waals surface area contributed by atoms with Crippen molar-refractivity contribution >= 4 is 29.2 Å². The lowest BCUT2D eigenvalue weighted by Gasteiger charge is -2.38. The highest BCUT2D eigenvalue weighted by molar-refractivity contribution is 6.22. The number of anilines is 2. The normalized spacial score (nSPS) is 20.0. The van der Waals surface area contributed by atoms with Crippen molar-refractivity contribution in [1.29, 1.82) is 0 Å². The second kappa shape index (κ2) is 8.23. The van der Waals surface area contributed by atoms with Crippen molar-refractivity contribution in [2.24, 2.45) is 0 Å². The van der Waals surface area contributed by atoms with Gasteiger partial charge in [0.15, 0.2) is 0 Å². The molecule has 2 aromatic rings. The fraction of sp³-hybridized carbons (Fsp3) is 0.318. The van der Waals surface area contributed by atoms with E-state index in [2.05, 4.69) is 9.64 Å². The number of ether oxygens (including phenoxy) is 1. The molecular formula is C22H22FN3O4. The number of hydrogen-bond donors (Lipinski definition) is 0. The number of rotatable bonds is 4. The molecule has 0 saturated carbocycles. The fourth-order valence-corrected chi connectivity index (χ4v) is 3.98. The Morgan fingerprint density at radius 3 is 2.13 bits per heavy atom. The quantitative estimate of drug-likeness (QED) is 0.567. The number of piperazine rings is 1. The van der Waals surface area contributed by atoms with Crippen molar-refractivity contribution in [2.45, 2.75) is 12.5 Å². The number of carbonyl (C=O) groups excluding carboxylic acids is 3. The Labute approximate surface area is 173 Å². The van der Waals surface area contributed by atoms with Crippen LogP contribution in [0.15, 0.2) is 48.5 Å². The van der Waals surface area contributed by atoms with Crippen LogP contribution in [-0.2, 0) is 14.3 Å². The zero-order chi connectivity index (χ0) is 21.3. The first-order valence-corrected chi connectivity index (χ1v) is 9.77. The summed E-state index contributed by atoms with van der Waals surface area (Å²) in [4.78, 5) is 42.5. The molecule has 2 aliphatic rings. The lowest BCUT2D eigenvalue weighted by Crippen LogP contribution is -2.52. The number of hydrogen-bond acceptors (Lipinski definition) is 6. The molecule has 0 radical (unpaired) electrons. The van der Waals surface area contributed by atoms with E-state index < -0.39 is 12.0 Å². The van der Waals surface area contributed by atoms with E-state index in [0.29, 0.717) is 37.4 Å². The van der Waals surface area contributed by atoms with Gasteiger partial charge < -0.3 is 9.64 Å². The first-order chi connectivity index (χ1) is 14.5. The molecule has 0 N–H and O–H groups in total. The summed E-state index contributed by atoms with van der Waals surface area (Å²) in [6.45, 7) is 2.65. The maximum atomic E-state index is 13.1. The van der Waals surface area contributed by atoms with Crippen molar-refractivity contribution in [1.82, 2.24) is 4.90 Å². The molecule has 0 bridgehead atoms. The molecule has 2 saturated heterocycles. The van der Waals surface area contributed by atoms with Gasteiger partial charge in [0.05, 0.1) is 30.8 Å². The number of esters is 1. The van der Waals surface area contributed by atoms with Crippen molar-refractivity contribution in [3.63, 3.8) is 0 Å². The summed E-state index contributed by atoms with van der Waals surface area (Å²) in [5.41, 5.74) is 1.75. The number of nitrogens with zero attached hydrogens (tertiary/aromatic N) is 3. The average molecular weight is 411 g/mol. The van der Waals surface area contributed by atoms with Crippen molar-refractivity contribution in [3.05, 3.63) is 59.9 Å². The van der Waals surface area contributed by atoms with E-state index in [0.717, 1.165) is 5.69 Å². The molecule has 2 amide bonds. The van der Waals surface area contributed by atoms with Gasteiger partial charge in [-0.25, -0.2) is 14.1 Å². The number of carbonyl (C=O) groups is 3. The molecule has 0 spiro atoms. The third kappa shape index (κ3) is 3.78. The highest BCUT2D eigenvalue weighted by atomic mass is 19.1. The molecule has 8 heteroatoms. The lowest BCUT2D eigenvalue weighted by atomic mass is 10.1. The molecule has 156 valence electrons. The summed E-state index contributed by atoms with van der Waals surface area (Å²) in [6.07, 6.45) is 0.133. The second-order valence-electron chi connectivity index (χ2n) is 7.33. The summed E-state index contributed by atoms with van der Waals surface area (Å²) in [5.74, 6) is -1.25. The SMILES string of the molecule is COC(=O)c1ccc(N2C(=O)C[C@H](N3CCN(c4ccc(F)cc4)CC3)C2=O)cc1. The van der Waals surface area contributed by atoms with Crippen molar-refractivity contribution < 1.29 is 23.5 Å². The Morgan fingerprint density at radius 2 is 1.53 bits per heavy atom. The maximum Gasteiger partial charge on any atom is 0.337 e. The zero-order valence-electron chi connectivity index (χ0n) is 16.6. The van der Waals surface area contributed by atoms with E-state index in [1.165, 1.54) is 36.3 Å². The first kappa shape index (κ1) is 20.0. The van der Waals surface area contributed by atoms with Crippen molar-refractivity contribution in [2.75, 3.05) is 43.1 Å². The molecule has 0 aliphatic carbocycles. The molecule has 2 aliphatic heterocycles. The second-order valence-corrected chi connectivity index (χ2v) is 7.33. The standard InChI is InChI=1S/C22H22FN3O4/c1-30-22(29)15-2-6-18(7-3-15)26-20(27)14-19(21(26)28)25-12-10-24(11-13-25)17-8-4-16(23)5-9-17/h2-9,19H,10-14H2,1H3/t19-/m0/s1. The van der Waals surface area contributed by atoms with Gasteiger partial charge in [0.25, 0.3) is 5.91 Å². The molecule has 2 aromatic carbocycles. The van der Waals surface area contributed by atoms with E-state index >= 15 is 0 Å². The van der Waals surface area contributed by atoms with Gasteiger partial charge in [-0.3, -0.25) is 14.5 Å². The fourth-order valence-electron chi connectivity index (χ4n) is 3.98. The Kier molecular flexibility index (Phi) is 5.50. The van der Waals surface area contributed by atoms with Gasteiger partial charge in [-0.2, -0.15) is 0 Å². The molecular weight excluding hydrogens is 389 g/mol. The number of halogens is 1. The smallest absolute Gasteiger partial charge is 0.337 e. The summed E-state index contributed by atoms with van der Waals surface area (Å²) in [5, 5.41) is 0. The number of benzene rings is 2. The van der Waals surface area contributed by atoms with Crippen LogP contribution in [0.25, 0.3) is 0 Å². The van der Waals surface area contributed by atoms with Gasteiger partial charge in [0.2, 0.25) is 5.91 Å². The van der Waals surface area contributed by atoms with Gasteiger partial charge in [0, 0.05) is 31.9 Å². The van der Waals surface area contributed by atoms with Gasteiger partial charge in [0.1, 0.15) is 5.82 Å². The molecule has 0 unspecified atom stereocenters. The Bertz CT molecular complexity index is 953. The zero-order valence-corrected chi connectivity index (χ0v) is 16.6. The summed E-state index contributed by atoms with van der Waals surface area (Å²) in [6, 6.07) is 12.1. The minimum atomic E-state index is -0.492. The molecule has 0 aromatic heterocycles. The maximum absolute atomic E-state index is 13.1. The summed E-state index contributed by atoms with van der Waals surface area (Å²) in [7, 11) is 1.30. The van der Waals surface area contributed by atoms with Crippen LogP contribution >= 0.6 is 0 Å². The minimum absolute atomic E-state index is 0.133. The van der Waals surface area contributed by atoms with E-state index in [4.69, 9.17) is 0 Å². The lowest BCUT2D eigenvalue weighted by molar-refractivity contribution is -0.123. The van der Waals surface area contributed by atoms with Gasteiger partial charge in [-0.05, 0) is 48.5 Å². The first-order valence-electron chi connectivity index (χ1n) is 9.77. The molecule has 30 heavy (non-hydrogen) atoms. The Balaban J connectivity index is 1.42. The minimum Gasteiger partial charge on any atom is -0.465 e. The van der Waals surface area contributed by atoms with Crippen LogP contribution in [0.2, 0.25) is 0 Å². The molecule has 1 atom stereocenters. The Hall–Kier alpha value is -3.26. The predicted octanol–water partition coefficient (Wildman–Crippen LogP) is 2.07. The number of imide groups is 1. The predicted molar refractivity (Wildman–Crippen MR) is 109 cm³/mol.